The predicted molar refractivity (Wildman–Crippen MR) is 127 cm³/mol. The maximum atomic E-state index is 14.0. The molecule has 4 rings (SSSR count). The van der Waals surface area contributed by atoms with Crippen LogP contribution < -0.4 is 14.4 Å². The number of allylic oxidation sites excluding steroid dienone is 1. The predicted octanol–water partition coefficient (Wildman–Crippen LogP) is 4.60. The average Bonchev–Trinajstić information content (AvgIpc) is 2.92. The van der Waals surface area contributed by atoms with E-state index in [1.54, 1.807) is 17.5 Å². The Balaban J connectivity index is 1.74. The summed E-state index contributed by atoms with van der Waals surface area (Å²) in [6.07, 6.45) is 6.42. The highest BCUT2D eigenvalue weighted by atomic mass is 32.2. The molecule has 0 bridgehead atoms. The van der Waals surface area contributed by atoms with E-state index < -0.39 is 10.0 Å². The van der Waals surface area contributed by atoms with Gasteiger partial charge in [0.2, 0.25) is 10.0 Å². The van der Waals surface area contributed by atoms with Crippen molar-refractivity contribution >= 4 is 15.7 Å². The molecule has 1 saturated heterocycles. The summed E-state index contributed by atoms with van der Waals surface area (Å²) < 4.78 is 41.1. The van der Waals surface area contributed by atoms with Crippen LogP contribution in [0.5, 0.6) is 11.5 Å². The van der Waals surface area contributed by atoms with Gasteiger partial charge in [-0.15, -0.1) is 6.58 Å². The van der Waals surface area contributed by atoms with Crippen LogP contribution in [0, 0.1) is 0 Å². The average molecular weight is 457 g/mol. The third kappa shape index (κ3) is 4.79. The van der Waals surface area contributed by atoms with Gasteiger partial charge in [0, 0.05) is 19.6 Å². The second-order valence-corrected chi connectivity index (χ2v) is 10.3. The van der Waals surface area contributed by atoms with Gasteiger partial charge in [0.1, 0.15) is 22.5 Å². The largest absolute Gasteiger partial charge is 0.497 e. The van der Waals surface area contributed by atoms with Crippen LogP contribution in [-0.2, 0) is 16.6 Å². The lowest BCUT2D eigenvalue weighted by Crippen LogP contribution is -2.37. The molecule has 0 radical (unpaired) electrons. The van der Waals surface area contributed by atoms with Crippen LogP contribution in [-0.4, -0.2) is 45.6 Å². The fourth-order valence-corrected chi connectivity index (χ4v) is 6.22. The van der Waals surface area contributed by atoms with Crippen LogP contribution in [0.3, 0.4) is 0 Å². The van der Waals surface area contributed by atoms with Gasteiger partial charge in [0.25, 0.3) is 0 Å². The standard InChI is InChI=1S/C25H32N2O4S/c1-3-4-9-22-19-27(18-20-12-14-21(30-2)15-13-20)32(28,29)25-23(10-8-11-24(25)31-22)26-16-6-5-7-17-26/h3,8,10-15,22H,1,4-7,9,16-19H2,2H3. The lowest BCUT2D eigenvalue weighted by Gasteiger charge is -2.31. The van der Waals surface area contributed by atoms with Crippen LogP contribution in [0.4, 0.5) is 5.69 Å². The third-order valence-corrected chi connectivity index (χ3v) is 8.05. The minimum atomic E-state index is -3.76. The zero-order valence-corrected chi connectivity index (χ0v) is 19.5. The summed E-state index contributed by atoms with van der Waals surface area (Å²) in [6, 6.07) is 13.2. The zero-order valence-electron chi connectivity index (χ0n) is 18.7. The Morgan fingerprint density at radius 2 is 1.88 bits per heavy atom. The van der Waals surface area contributed by atoms with Crippen LogP contribution in [0.15, 0.2) is 60.0 Å². The van der Waals surface area contributed by atoms with Crippen molar-refractivity contribution in [2.24, 2.45) is 0 Å². The number of ether oxygens (including phenoxy) is 2. The molecule has 1 unspecified atom stereocenters. The summed E-state index contributed by atoms with van der Waals surface area (Å²) in [6.45, 7) is 6.13. The molecule has 2 aliphatic heterocycles. The van der Waals surface area contributed by atoms with E-state index in [2.05, 4.69) is 11.5 Å². The molecular formula is C25H32N2O4S. The molecule has 2 heterocycles. The first-order chi connectivity index (χ1) is 15.5. The number of nitrogens with zero attached hydrogens (tertiary/aromatic N) is 2. The lowest BCUT2D eigenvalue weighted by molar-refractivity contribution is 0.164. The molecule has 2 aromatic carbocycles. The molecule has 1 fully saturated rings. The molecular weight excluding hydrogens is 424 g/mol. The van der Waals surface area contributed by atoms with E-state index in [4.69, 9.17) is 9.47 Å². The Morgan fingerprint density at radius 3 is 2.56 bits per heavy atom. The fraction of sp³-hybridized carbons (Fsp3) is 0.440. The van der Waals surface area contributed by atoms with E-state index in [0.717, 1.165) is 49.4 Å². The van der Waals surface area contributed by atoms with E-state index in [-0.39, 0.29) is 12.6 Å². The lowest BCUT2D eigenvalue weighted by atomic mass is 10.1. The van der Waals surface area contributed by atoms with Crippen LogP contribution in [0.25, 0.3) is 0 Å². The molecule has 6 nitrogen and oxygen atoms in total. The van der Waals surface area contributed by atoms with Gasteiger partial charge in [-0.3, -0.25) is 0 Å². The molecule has 0 aliphatic carbocycles. The van der Waals surface area contributed by atoms with Crippen molar-refractivity contribution in [1.82, 2.24) is 4.31 Å². The Hall–Kier alpha value is -2.51. The van der Waals surface area contributed by atoms with Crippen LogP contribution in [0.1, 0.15) is 37.7 Å². The number of fused-ring (bicyclic) bond motifs is 1. The van der Waals surface area contributed by atoms with Crippen molar-refractivity contribution in [3.63, 3.8) is 0 Å². The summed E-state index contributed by atoms with van der Waals surface area (Å²) in [5, 5.41) is 0. The highest BCUT2D eigenvalue weighted by Crippen LogP contribution is 2.40. The van der Waals surface area contributed by atoms with Gasteiger partial charge in [0.05, 0.1) is 19.3 Å². The minimum Gasteiger partial charge on any atom is -0.497 e. The first-order valence-corrected chi connectivity index (χ1v) is 12.8. The highest BCUT2D eigenvalue weighted by molar-refractivity contribution is 7.89. The number of anilines is 1. The van der Waals surface area contributed by atoms with Crippen molar-refractivity contribution in [3.8, 4) is 11.5 Å². The SMILES string of the molecule is C=CCCC1CN(Cc2ccc(OC)cc2)S(=O)(=O)c2c(cccc2N2CCCCC2)O1. The van der Waals surface area contributed by atoms with Gasteiger partial charge in [0.15, 0.2) is 0 Å². The Bertz CT molecular complexity index is 1030. The van der Waals surface area contributed by atoms with Crippen molar-refractivity contribution in [3.05, 3.63) is 60.7 Å². The molecule has 1 atom stereocenters. The first kappa shape index (κ1) is 22.7. The van der Waals surface area contributed by atoms with Gasteiger partial charge in [-0.2, -0.15) is 4.31 Å². The summed E-state index contributed by atoms with van der Waals surface area (Å²) >= 11 is 0. The van der Waals surface area contributed by atoms with Gasteiger partial charge in [-0.05, 0) is 61.9 Å². The van der Waals surface area contributed by atoms with E-state index in [1.807, 2.05) is 42.5 Å². The maximum absolute atomic E-state index is 14.0. The minimum absolute atomic E-state index is 0.237. The second-order valence-electron chi connectivity index (χ2n) is 8.40. The van der Waals surface area contributed by atoms with Gasteiger partial charge in [-0.25, -0.2) is 8.42 Å². The van der Waals surface area contributed by atoms with Crippen molar-refractivity contribution < 1.29 is 17.9 Å². The van der Waals surface area contributed by atoms with Gasteiger partial charge < -0.3 is 14.4 Å². The molecule has 0 aromatic heterocycles. The summed E-state index contributed by atoms with van der Waals surface area (Å²) in [5.74, 6) is 1.21. The molecule has 0 spiro atoms. The van der Waals surface area contributed by atoms with E-state index >= 15 is 0 Å². The van der Waals surface area contributed by atoms with Gasteiger partial charge >= 0.3 is 0 Å². The second kappa shape index (κ2) is 9.96. The number of hydrogen-bond acceptors (Lipinski definition) is 5. The molecule has 32 heavy (non-hydrogen) atoms. The number of piperidine rings is 1. The normalized spacial score (nSPS) is 20.7. The third-order valence-electron chi connectivity index (χ3n) is 6.16. The summed E-state index contributed by atoms with van der Waals surface area (Å²) in [7, 11) is -2.14. The maximum Gasteiger partial charge on any atom is 0.249 e. The topological polar surface area (TPSA) is 59.1 Å². The fourth-order valence-electron chi connectivity index (χ4n) is 4.45. The smallest absolute Gasteiger partial charge is 0.249 e. The quantitative estimate of drug-likeness (QED) is 0.570. The molecule has 2 aliphatic rings. The zero-order chi connectivity index (χ0) is 22.6. The molecule has 7 heteroatoms. The molecule has 172 valence electrons. The summed E-state index contributed by atoms with van der Waals surface area (Å²) in [4.78, 5) is 2.50. The summed E-state index contributed by atoms with van der Waals surface area (Å²) in [5.41, 5.74) is 1.67. The Morgan fingerprint density at radius 1 is 1.12 bits per heavy atom. The molecule has 0 N–H and O–H groups in total. The number of benzene rings is 2. The van der Waals surface area contributed by atoms with Crippen LogP contribution >= 0.6 is 0 Å². The number of hydrogen-bond donors (Lipinski definition) is 0. The van der Waals surface area contributed by atoms with Crippen molar-refractivity contribution in [2.45, 2.75) is 49.6 Å². The van der Waals surface area contributed by atoms with Crippen LogP contribution in [0.2, 0.25) is 0 Å². The highest BCUT2D eigenvalue weighted by Gasteiger charge is 2.37. The van der Waals surface area contributed by atoms with Gasteiger partial charge in [-0.1, -0.05) is 24.3 Å². The molecule has 0 amide bonds. The van der Waals surface area contributed by atoms with Crippen molar-refractivity contribution in [1.29, 1.82) is 0 Å². The molecule has 2 aromatic rings. The van der Waals surface area contributed by atoms with E-state index in [0.29, 0.717) is 23.6 Å². The number of sulfonamides is 1. The number of rotatable bonds is 7. The monoisotopic (exact) mass is 456 g/mol. The van der Waals surface area contributed by atoms with E-state index in [9.17, 15) is 8.42 Å². The molecule has 0 saturated carbocycles. The first-order valence-electron chi connectivity index (χ1n) is 11.3. The Kier molecular flexibility index (Phi) is 7.06. The van der Waals surface area contributed by atoms with E-state index in [1.165, 1.54) is 6.42 Å². The van der Waals surface area contributed by atoms with Crippen molar-refractivity contribution in [2.75, 3.05) is 31.6 Å². The number of methoxy groups -OCH3 is 1. The Labute approximate surface area is 191 Å².